The molecule has 2 heterocycles. The molecule has 1 aromatic carbocycles. The summed E-state index contributed by atoms with van der Waals surface area (Å²) in [7, 11) is 2.16. The lowest BCUT2D eigenvalue weighted by molar-refractivity contribution is 0.313. The number of benzene rings is 1. The fourth-order valence-corrected chi connectivity index (χ4v) is 2.49. The Labute approximate surface area is 128 Å². The molecule has 0 aliphatic carbocycles. The first kappa shape index (κ1) is 14.0. The van der Waals surface area contributed by atoms with Gasteiger partial charge in [0, 0.05) is 37.6 Å². The van der Waals surface area contributed by atoms with Crippen molar-refractivity contribution in [1.29, 1.82) is 0 Å². The van der Waals surface area contributed by atoms with E-state index in [0.717, 1.165) is 31.9 Å². The average Bonchev–Trinajstić information content (AvgIpc) is 2.49. The van der Waals surface area contributed by atoms with Crippen molar-refractivity contribution < 1.29 is 0 Å². The molecule has 2 aromatic rings. The lowest BCUT2D eigenvalue weighted by Gasteiger charge is -2.34. The topological polar surface area (TPSA) is 60.1 Å². The molecule has 0 unspecified atom stereocenters. The van der Waals surface area contributed by atoms with E-state index in [0.29, 0.717) is 10.6 Å². The number of H-pyrrole nitrogens is 1. The molecule has 6 nitrogen and oxygen atoms in total. The van der Waals surface area contributed by atoms with Gasteiger partial charge in [-0.2, -0.15) is 10.1 Å². The van der Waals surface area contributed by atoms with Gasteiger partial charge in [-0.1, -0.05) is 0 Å². The fourth-order valence-electron chi connectivity index (χ4n) is 2.34. The highest BCUT2D eigenvalue weighted by molar-refractivity contribution is 7.71. The Balaban J connectivity index is 1.68. The largest absolute Gasteiger partial charge is 0.369 e. The summed E-state index contributed by atoms with van der Waals surface area (Å²) in [6.45, 7) is 4.36. The molecule has 0 radical (unpaired) electrons. The highest BCUT2D eigenvalue weighted by atomic mass is 32.1. The smallest absolute Gasteiger partial charge is 0.215 e. The van der Waals surface area contributed by atoms with Crippen molar-refractivity contribution in [3.8, 4) is 0 Å². The van der Waals surface area contributed by atoms with E-state index in [-0.39, 0.29) is 0 Å². The van der Waals surface area contributed by atoms with E-state index in [2.05, 4.69) is 61.6 Å². The third-order valence-corrected chi connectivity index (χ3v) is 3.76. The highest BCUT2D eigenvalue weighted by Crippen LogP contribution is 2.20. The third kappa shape index (κ3) is 3.56. The van der Waals surface area contributed by atoms with Crippen LogP contribution in [0.25, 0.3) is 0 Å². The van der Waals surface area contributed by atoms with E-state index in [1.165, 1.54) is 5.69 Å². The van der Waals surface area contributed by atoms with Crippen molar-refractivity contribution in [2.75, 3.05) is 43.4 Å². The molecular formula is C14H18N6S. The van der Waals surface area contributed by atoms with Crippen molar-refractivity contribution >= 4 is 29.4 Å². The summed E-state index contributed by atoms with van der Waals surface area (Å²) in [5, 5.41) is 9.72. The fraction of sp³-hybridized carbons (Fsp3) is 0.357. The van der Waals surface area contributed by atoms with Crippen LogP contribution in [0.5, 0.6) is 0 Å². The van der Waals surface area contributed by atoms with Gasteiger partial charge in [-0.25, -0.2) is 0 Å². The number of nitrogens with one attached hydrogen (secondary N) is 2. The van der Waals surface area contributed by atoms with Gasteiger partial charge in [0.25, 0.3) is 0 Å². The van der Waals surface area contributed by atoms with E-state index in [9.17, 15) is 0 Å². The molecule has 0 amide bonds. The summed E-state index contributed by atoms with van der Waals surface area (Å²) in [5.41, 5.74) is 2.23. The lowest BCUT2D eigenvalue weighted by atomic mass is 10.2. The maximum absolute atomic E-state index is 4.95. The SMILES string of the molecule is CN1CCN(c2ccc(Nc3cn[nH]c(=S)n3)cc2)CC1. The predicted molar refractivity (Wildman–Crippen MR) is 86.7 cm³/mol. The summed E-state index contributed by atoms with van der Waals surface area (Å²) >= 11 is 4.95. The zero-order valence-electron chi connectivity index (χ0n) is 11.9. The van der Waals surface area contributed by atoms with Crippen LogP contribution in [0.15, 0.2) is 30.5 Å². The van der Waals surface area contributed by atoms with Crippen LogP contribution in [0, 0.1) is 4.77 Å². The standard InChI is InChI=1S/C14H18N6S/c1-19-6-8-20(9-7-19)12-4-2-11(3-5-12)16-13-10-15-18-14(21)17-13/h2-5,10H,6-9H2,1H3,(H2,16,17,18,21). The summed E-state index contributed by atoms with van der Waals surface area (Å²) in [6.07, 6.45) is 1.62. The normalized spacial score (nSPS) is 16.0. The Morgan fingerprint density at radius 2 is 1.86 bits per heavy atom. The third-order valence-electron chi connectivity index (χ3n) is 3.58. The van der Waals surface area contributed by atoms with Crippen molar-refractivity contribution in [2.24, 2.45) is 0 Å². The van der Waals surface area contributed by atoms with Crippen LogP contribution in [-0.4, -0.2) is 53.3 Å². The van der Waals surface area contributed by atoms with Gasteiger partial charge in [0.15, 0.2) is 5.82 Å². The van der Waals surface area contributed by atoms with Gasteiger partial charge in [-0.05, 0) is 43.5 Å². The number of aromatic nitrogens is 3. The Morgan fingerprint density at radius 3 is 2.52 bits per heavy atom. The maximum atomic E-state index is 4.95. The molecule has 2 N–H and O–H groups in total. The Bertz CT molecular complexity index is 645. The minimum absolute atomic E-state index is 0.369. The molecule has 0 saturated carbocycles. The first-order valence-corrected chi connectivity index (χ1v) is 7.34. The Hall–Kier alpha value is -1.99. The Morgan fingerprint density at radius 1 is 1.14 bits per heavy atom. The predicted octanol–water partition coefficient (Wildman–Crippen LogP) is 2.03. The summed E-state index contributed by atoms with van der Waals surface area (Å²) in [4.78, 5) is 8.92. The van der Waals surface area contributed by atoms with Crippen LogP contribution in [0.1, 0.15) is 0 Å². The van der Waals surface area contributed by atoms with E-state index < -0.39 is 0 Å². The number of anilines is 3. The molecule has 1 fully saturated rings. The second-order valence-electron chi connectivity index (χ2n) is 5.13. The second-order valence-corrected chi connectivity index (χ2v) is 5.52. The number of likely N-dealkylation sites (N-methyl/N-ethyl adjacent to an activating group) is 1. The first-order chi connectivity index (χ1) is 10.2. The van der Waals surface area contributed by atoms with E-state index in [4.69, 9.17) is 12.2 Å². The van der Waals surface area contributed by atoms with Crippen LogP contribution in [-0.2, 0) is 0 Å². The van der Waals surface area contributed by atoms with Gasteiger partial charge in [0.2, 0.25) is 4.77 Å². The molecule has 0 bridgehead atoms. The summed E-state index contributed by atoms with van der Waals surface area (Å²) < 4.78 is 0.369. The van der Waals surface area contributed by atoms with E-state index in [1.54, 1.807) is 6.20 Å². The highest BCUT2D eigenvalue weighted by Gasteiger charge is 2.13. The molecule has 1 saturated heterocycles. The van der Waals surface area contributed by atoms with Gasteiger partial charge in [0.1, 0.15) is 0 Å². The van der Waals surface area contributed by atoms with Gasteiger partial charge in [-0.15, -0.1) is 0 Å². The molecule has 1 aliphatic rings. The summed E-state index contributed by atoms with van der Waals surface area (Å²) in [5.74, 6) is 0.645. The Kier molecular flexibility index (Phi) is 4.12. The molecule has 7 heteroatoms. The zero-order chi connectivity index (χ0) is 14.7. The van der Waals surface area contributed by atoms with Crippen LogP contribution >= 0.6 is 12.2 Å². The number of rotatable bonds is 3. The second kappa shape index (κ2) is 6.19. The molecule has 21 heavy (non-hydrogen) atoms. The first-order valence-electron chi connectivity index (χ1n) is 6.93. The number of piperazine rings is 1. The number of hydrogen-bond acceptors (Lipinski definition) is 6. The van der Waals surface area contributed by atoms with Crippen molar-refractivity contribution in [3.63, 3.8) is 0 Å². The van der Waals surface area contributed by atoms with E-state index in [1.807, 2.05) is 0 Å². The van der Waals surface area contributed by atoms with Crippen molar-refractivity contribution in [2.45, 2.75) is 0 Å². The van der Waals surface area contributed by atoms with Gasteiger partial charge < -0.3 is 15.1 Å². The number of hydrogen-bond donors (Lipinski definition) is 2. The van der Waals surface area contributed by atoms with E-state index >= 15 is 0 Å². The average molecular weight is 302 g/mol. The van der Waals surface area contributed by atoms with Gasteiger partial charge in [-0.3, -0.25) is 5.10 Å². The van der Waals surface area contributed by atoms with Crippen LogP contribution in [0.2, 0.25) is 0 Å². The number of aromatic amines is 1. The minimum Gasteiger partial charge on any atom is -0.369 e. The van der Waals surface area contributed by atoms with Crippen molar-refractivity contribution in [1.82, 2.24) is 20.1 Å². The van der Waals surface area contributed by atoms with Crippen LogP contribution < -0.4 is 10.2 Å². The molecule has 110 valence electrons. The molecular weight excluding hydrogens is 284 g/mol. The van der Waals surface area contributed by atoms with Gasteiger partial charge in [0.05, 0.1) is 6.20 Å². The summed E-state index contributed by atoms with van der Waals surface area (Å²) in [6, 6.07) is 8.36. The lowest BCUT2D eigenvalue weighted by Crippen LogP contribution is -2.44. The van der Waals surface area contributed by atoms with Gasteiger partial charge >= 0.3 is 0 Å². The maximum Gasteiger partial charge on any atom is 0.215 e. The zero-order valence-corrected chi connectivity index (χ0v) is 12.7. The molecule has 0 atom stereocenters. The van der Waals surface area contributed by atoms with Crippen LogP contribution in [0.3, 0.4) is 0 Å². The quantitative estimate of drug-likeness (QED) is 0.846. The van der Waals surface area contributed by atoms with Crippen LogP contribution in [0.4, 0.5) is 17.2 Å². The molecule has 3 rings (SSSR count). The molecule has 1 aromatic heterocycles. The monoisotopic (exact) mass is 302 g/mol. The molecule has 0 spiro atoms. The van der Waals surface area contributed by atoms with Crippen molar-refractivity contribution in [3.05, 3.63) is 35.2 Å². The molecule has 1 aliphatic heterocycles. The minimum atomic E-state index is 0.369. The number of nitrogens with zero attached hydrogens (tertiary/aromatic N) is 4.